The van der Waals surface area contributed by atoms with Crippen LogP contribution in [0.5, 0.6) is 11.5 Å². The molecule has 0 radical (unpaired) electrons. The lowest BCUT2D eigenvalue weighted by Crippen LogP contribution is -2.35. The van der Waals surface area contributed by atoms with Crippen LogP contribution in [0.3, 0.4) is 0 Å². The first kappa shape index (κ1) is 16.9. The number of nitrogens with zero attached hydrogens (tertiary/aromatic N) is 1. The molecule has 0 unspecified atom stereocenters. The van der Waals surface area contributed by atoms with Crippen LogP contribution in [0.15, 0.2) is 48.0 Å². The first-order valence-corrected chi connectivity index (χ1v) is 7.76. The summed E-state index contributed by atoms with van der Waals surface area (Å²) >= 11 is 5.94. The summed E-state index contributed by atoms with van der Waals surface area (Å²) in [6.07, 6.45) is 1.50. The molecule has 0 aliphatic carbocycles. The Labute approximate surface area is 149 Å². The number of rotatable bonds is 4. The van der Waals surface area contributed by atoms with Crippen molar-refractivity contribution in [3.63, 3.8) is 0 Å². The zero-order valence-corrected chi connectivity index (χ0v) is 14.3. The van der Waals surface area contributed by atoms with Crippen LogP contribution in [-0.2, 0) is 9.59 Å². The number of anilines is 1. The minimum Gasteiger partial charge on any atom is -0.493 e. The summed E-state index contributed by atoms with van der Waals surface area (Å²) in [5, 5.41) is 1.64. The van der Waals surface area contributed by atoms with Gasteiger partial charge in [0.25, 0.3) is 11.8 Å². The third-order valence-corrected chi connectivity index (χ3v) is 3.91. The van der Waals surface area contributed by atoms with Gasteiger partial charge >= 0.3 is 0 Å². The summed E-state index contributed by atoms with van der Waals surface area (Å²) in [6, 6.07) is 11.8. The second kappa shape index (κ2) is 6.86. The molecule has 7 heteroatoms. The van der Waals surface area contributed by atoms with Gasteiger partial charge in [0.05, 0.1) is 19.9 Å². The van der Waals surface area contributed by atoms with Crippen molar-refractivity contribution in [2.75, 3.05) is 19.2 Å². The second-order valence-corrected chi connectivity index (χ2v) is 5.67. The van der Waals surface area contributed by atoms with E-state index in [9.17, 15) is 9.59 Å². The van der Waals surface area contributed by atoms with E-state index in [0.29, 0.717) is 27.8 Å². The highest BCUT2D eigenvalue weighted by molar-refractivity contribution is 6.33. The maximum absolute atomic E-state index is 12.6. The standard InChI is InChI=1S/C18H15ClN2O4/c1-24-15-7-6-11(9-16(15)25-2)8-14-17(22)20-21(18(14)23)13-5-3-4-12(19)10-13/h3-10H,1-2H3,(H,20,22). The fourth-order valence-corrected chi connectivity index (χ4v) is 2.65. The van der Waals surface area contributed by atoms with E-state index in [1.54, 1.807) is 42.5 Å². The first-order valence-electron chi connectivity index (χ1n) is 7.38. The second-order valence-electron chi connectivity index (χ2n) is 5.23. The Bertz CT molecular complexity index is 879. The molecule has 1 N–H and O–H groups in total. The van der Waals surface area contributed by atoms with E-state index in [4.69, 9.17) is 21.1 Å². The van der Waals surface area contributed by atoms with Gasteiger partial charge in [-0.2, -0.15) is 0 Å². The summed E-state index contributed by atoms with van der Waals surface area (Å²) in [4.78, 5) is 24.8. The van der Waals surface area contributed by atoms with Crippen LogP contribution in [-0.4, -0.2) is 26.0 Å². The molecule has 1 heterocycles. The topological polar surface area (TPSA) is 67.9 Å². The number of hydrazine groups is 1. The normalized spacial score (nSPS) is 15.5. The number of carbonyl (C=O) groups is 2. The smallest absolute Gasteiger partial charge is 0.282 e. The SMILES string of the molecule is COc1ccc(C=C2C(=O)NN(c3cccc(Cl)c3)C2=O)cc1OC. The number of amides is 2. The van der Waals surface area contributed by atoms with Crippen molar-refractivity contribution in [2.45, 2.75) is 0 Å². The van der Waals surface area contributed by atoms with Crippen LogP contribution in [0.1, 0.15) is 5.56 Å². The number of halogens is 1. The fraction of sp³-hybridized carbons (Fsp3) is 0.111. The first-order chi connectivity index (χ1) is 12.0. The molecule has 2 amide bonds. The van der Waals surface area contributed by atoms with Crippen LogP contribution >= 0.6 is 11.6 Å². The third-order valence-electron chi connectivity index (χ3n) is 3.68. The Balaban J connectivity index is 1.94. The monoisotopic (exact) mass is 358 g/mol. The predicted octanol–water partition coefficient (Wildman–Crippen LogP) is 2.82. The van der Waals surface area contributed by atoms with E-state index in [2.05, 4.69) is 5.43 Å². The van der Waals surface area contributed by atoms with Gasteiger partial charge in [-0.25, -0.2) is 5.01 Å². The van der Waals surface area contributed by atoms with Crippen molar-refractivity contribution in [1.29, 1.82) is 0 Å². The van der Waals surface area contributed by atoms with Crippen LogP contribution in [0, 0.1) is 0 Å². The molecule has 0 atom stereocenters. The Kier molecular flexibility index (Phi) is 4.63. The van der Waals surface area contributed by atoms with Gasteiger partial charge < -0.3 is 9.47 Å². The van der Waals surface area contributed by atoms with Crippen molar-refractivity contribution >= 4 is 35.2 Å². The molecule has 0 saturated carbocycles. The van der Waals surface area contributed by atoms with Crippen molar-refractivity contribution in [3.05, 3.63) is 58.6 Å². The summed E-state index contributed by atoms with van der Waals surface area (Å²) in [7, 11) is 3.05. The van der Waals surface area contributed by atoms with E-state index in [1.165, 1.54) is 25.3 Å². The van der Waals surface area contributed by atoms with Crippen LogP contribution in [0.4, 0.5) is 5.69 Å². The third kappa shape index (κ3) is 3.29. The number of hydrogen-bond acceptors (Lipinski definition) is 4. The van der Waals surface area contributed by atoms with Gasteiger partial charge in [0.2, 0.25) is 0 Å². The highest BCUT2D eigenvalue weighted by Crippen LogP contribution is 2.29. The Morgan fingerprint density at radius 1 is 1.04 bits per heavy atom. The van der Waals surface area contributed by atoms with Crippen LogP contribution in [0.25, 0.3) is 6.08 Å². The van der Waals surface area contributed by atoms with E-state index in [-0.39, 0.29) is 5.57 Å². The zero-order valence-electron chi connectivity index (χ0n) is 13.6. The van der Waals surface area contributed by atoms with Gasteiger partial charge in [0.15, 0.2) is 11.5 Å². The molecule has 1 aliphatic heterocycles. The molecule has 3 rings (SSSR count). The quantitative estimate of drug-likeness (QED) is 0.674. The molecule has 2 aromatic rings. The largest absolute Gasteiger partial charge is 0.493 e. The zero-order chi connectivity index (χ0) is 18.0. The van der Waals surface area contributed by atoms with Crippen molar-refractivity contribution in [3.8, 4) is 11.5 Å². The summed E-state index contributed by atoms with van der Waals surface area (Å²) < 4.78 is 10.4. The van der Waals surface area contributed by atoms with Crippen LogP contribution < -0.4 is 19.9 Å². The Hall–Kier alpha value is -2.99. The highest BCUT2D eigenvalue weighted by Gasteiger charge is 2.34. The van der Waals surface area contributed by atoms with Crippen LogP contribution in [0.2, 0.25) is 5.02 Å². The summed E-state index contributed by atoms with van der Waals surface area (Å²) in [6.45, 7) is 0. The van der Waals surface area contributed by atoms with Gasteiger partial charge in [-0.05, 0) is 42.0 Å². The minimum atomic E-state index is -0.486. The molecule has 2 aromatic carbocycles. The van der Waals surface area contributed by atoms with Gasteiger partial charge in [0, 0.05) is 5.02 Å². The Morgan fingerprint density at radius 3 is 2.48 bits per heavy atom. The fourth-order valence-electron chi connectivity index (χ4n) is 2.46. The maximum Gasteiger partial charge on any atom is 0.282 e. The van der Waals surface area contributed by atoms with Gasteiger partial charge in [-0.1, -0.05) is 23.7 Å². The van der Waals surface area contributed by atoms with Gasteiger partial charge in [-0.3, -0.25) is 15.0 Å². The predicted molar refractivity (Wildman–Crippen MR) is 94.6 cm³/mol. The van der Waals surface area contributed by atoms with E-state index >= 15 is 0 Å². The Morgan fingerprint density at radius 2 is 1.80 bits per heavy atom. The number of ether oxygens (including phenoxy) is 2. The molecule has 1 saturated heterocycles. The van der Waals surface area contributed by atoms with Crippen molar-refractivity contribution < 1.29 is 19.1 Å². The molecule has 128 valence electrons. The maximum atomic E-state index is 12.6. The van der Waals surface area contributed by atoms with Crippen molar-refractivity contribution in [1.82, 2.24) is 5.43 Å². The molecular weight excluding hydrogens is 344 g/mol. The van der Waals surface area contributed by atoms with E-state index in [0.717, 1.165) is 0 Å². The lowest BCUT2D eigenvalue weighted by molar-refractivity contribution is -0.117. The molecule has 1 aliphatic rings. The molecule has 6 nitrogen and oxygen atoms in total. The van der Waals surface area contributed by atoms with E-state index in [1.807, 2.05) is 0 Å². The lowest BCUT2D eigenvalue weighted by atomic mass is 10.1. The summed E-state index contributed by atoms with van der Waals surface area (Å²) in [5.41, 5.74) is 3.68. The molecule has 0 spiro atoms. The van der Waals surface area contributed by atoms with E-state index < -0.39 is 11.8 Å². The molecule has 25 heavy (non-hydrogen) atoms. The number of carbonyl (C=O) groups excluding carboxylic acids is 2. The van der Waals surface area contributed by atoms with Gasteiger partial charge in [0.1, 0.15) is 5.57 Å². The van der Waals surface area contributed by atoms with Gasteiger partial charge in [-0.15, -0.1) is 0 Å². The minimum absolute atomic E-state index is 0.0206. The molecular formula is C18H15ClN2O4. The molecule has 0 bridgehead atoms. The molecule has 1 fully saturated rings. The lowest BCUT2D eigenvalue weighted by Gasteiger charge is -2.14. The number of methoxy groups -OCH3 is 2. The van der Waals surface area contributed by atoms with Crippen molar-refractivity contribution in [2.24, 2.45) is 0 Å². The highest BCUT2D eigenvalue weighted by atomic mass is 35.5. The average Bonchev–Trinajstić information content (AvgIpc) is 2.89. The summed E-state index contributed by atoms with van der Waals surface area (Å²) in [5.74, 6) is 0.128. The average molecular weight is 359 g/mol. The number of hydrogen-bond donors (Lipinski definition) is 1. The number of benzene rings is 2. The molecule has 0 aromatic heterocycles. The number of nitrogens with one attached hydrogen (secondary N) is 1.